The smallest absolute Gasteiger partial charge is 0.0992 e. The molecular formula is C14H21N3. The average Bonchev–Trinajstić information content (AvgIpc) is 2.27. The minimum atomic E-state index is 0.388. The Balaban J connectivity index is 2.75. The summed E-state index contributed by atoms with van der Waals surface area (Å²) in [6.07, 6.45) is 0. The summed E-state index contributed by atoms with van der Waals surface area (Å²) in [5, 5.41) is 12.4. The van der Waals surface area contributed by atoms with E-state index < -0.39 is 0 Å². The number of rotatable bonds is 5. The Morgan fingerprint density at radius 2 is 2.06 bits per heavy atom. The summed E-state index contributed by atoms with van der Waals surface area (Å²) in [4.78, 5) is 2.17. The molecule has 0 saturated heterocycles. The maximum atomic E-state index is 8.86. The first-order chi connectivity index (χ1) is 8.02. The molecule has 1 N–H and O–H groups in total. The normalized spacial score (nSPS) is 12.5. The highest BCUT2D eigenvalue weighted by molar-refractivity contribution is 5.49. The number of anilines is 1. The summed E-state index contributed by atoms with van der Waals surface area (Å²) < 4.78 is 0. The van der Waals surface area contributed by atoms with Crippen molar-refractivity contribution in [2.45, 2.75) is 19.9 Å². The van der Waals surface area contributed by atoms with Gasteiger partial charge in [-0.25, -0.2) is 0 Å². The van der Waals surface area contributed by atoms with Gasteiger partial charge < -0.3 is 10.2 Å². The summed E-state index contributed by atoms with van der Waals surface area (Å²) in [6, 6.07) is 10.2. The molecule has 0 heterocycles. The highest BCUT2D eigenvalue weighted by Gasteiger charge is 2.14. The lowest BCUT2D eigenvalue weighted by Crippen LogP contribution is -2.36. The zero-order valence-electron chi connectivity index (χ0n) is 11.1. The molecule has 0 amide bonds. The van der Waals surface area contributed by atoms with Crippen LogP contribution < -0.4 is 5.32 Å². The zero-order valence-corrected chi connectivity index (χ0v) is 11.1. The predicted octanol–water partition coefficient (Wildman–Crippen LogP) is 2.56. The zero-order chi connectivity index (χ0) is 12.8. The fourth-order valence-electron chi connectivity index (χ4n) is 1.71. The molecule has 3 heteroatoms. The first-order valence-electron chi connectivity index (χ1n) is 5.94. The van der Waals surface area contributed by atoms with Gasteiger partial charge in [0.2, 0.25) is 0 Å². The molecular weight excluding hydrogens is 210 g/mol. The third kappa shape index (κ3) is 4.46. The lowest BCUT2D eigenvalue weighted by Gasteiger charge is -2.26. The van der Waals surface area contributed by atoms with Gasteiger partial charge in [0.05, 0.1) is 11.6 Å². The van der Waals surface area contributed by atoms with Crippen molar-refractivity contribution in [1.29, 1.82) is 5.26 Å². The van der Waals surface area contributed by atoms with Crippen LogP contribution in [0.3, 0.4) is 0 Å². The second kappa shape index (κ2) is 6.27. The number of nitrogens with zero attached hydrogens (tertiary/aromatic N) is 2. The van der Waals surface area contributed by atoms with Crippen LogP contribution in [-0.4, -0.2) is 31.6 Å². The van der Waals surface area contributed by atoms with Gasteiger partial charge >= 0.3 is 0 Å². The standard InChI is InChI=1S/C14H21N3/c1-11(2)14(10-17(3)4)16-13-7-5-6-12(8-13)9-15/h5-8,11,14,16H,10H2,1-4H3. The lowest BCUT2D eigenvalue weighted by atomic mass is 10.0. The number of hydrogen-bond donors (Lipinski definition) is 1. The Kier molecular flexibility index (Phi) is 4.99. The molecule has 0 saturated carbocycles. The molecule has 0 aliphatic heterocycles. The maximum Gasteiger partial charge on any atom is 0.0992 e. The first kappa shape index (κ1) is 13.5. The molecule has 92 valence electrons. The van der Waals surface area contributed by atoms with Gasteiger partial charge in [0.1, 0.15) is 0 Å². The van der Waals surface area contributed by atoms with Crippen molar-refractivity contribution in [1.82, 2.24) is 4.90 Å². The van der Waals surface area contributed by atoms with E-state index in [2.05, 4.69) is 44.2 Å². The highest BCUT2D eigenvalue weighted by atomic mass is 15.1. The molecule has 1 aromatic rings. The Morgan fingerprint density at radius 1 is 1.35 bits per heavy atom. The van der Waals surface area contributed by atoms with Crippen LogP contribution in [0.25, 0.3) is 0 Å². The largest absolute Gasteiger partial charge is 0.381 e. The third-order valence-corrected chi connectivity index (χ3v) is 2.71. The first-order valence-corrected chi connectivity index (χ1v) is 5.94. The van der Waals surface area contributed by atoms with E-state index in [0.717, 1.165) is 12.2 Å². The van der Waals surface area contributed by atoms with Crippen molar-refractivity contribution >= 4 is 5.69 Å². The van der Waals surface area contributed by atoms with Crippen molar-refractivity contribution in [3.63, 3.8) is 0 Å². The van der Waals surface area contributed by atoms with Gasteiger partial charge in [-0.1, -0.05) is 19.9 Å². The summed E-state index contributed by atoms with van der Waals surface area (Å²) in [7, 11) is 4.14. The van der Waals surface area contributed by atoms with E-state index in [0.29, 0.717) is 17.5 Å². The molecule has 3 nitrogen and oxygen atoms in total. The minimum Gasteiger partial charge on any atom is -0.381 e. The summed E-state index contributed by atoms with van der Waals surface area (Å²) in [5.41, 5.74) is 1.71. The van der Waals surface area contributed by atoms with E-state index >= 15 is 0 Å². The van der Waals surface area contributed by atoms with Crippen LogP contribution in [0.1, 0.15) is 19.4 Å². The summed E-state index contributed by atoms with van der Waals surface area (Å²) >= 11 is 0. The Labute approximate surface area is 104 Å². The lowest BCUT2D eigenvalue weighted by molar-refractivity contribution is 0.344. The van der Waals surface area contributed by atoms with Crippen LogP contribution >= 0.6 is 0 Å². The van der Waals surface area contributed by atoms with Crippen LogP contribution in [0.15, 0.2) is 24.3 Å². The van der Waals surface area contributed by atoms with Crippen LogP contribution in [0, 0.1) is 17.2 Å². The van der Waals surface area contributed by atoms with Gasteiger partial charge in [-0.15, -0.1) is 0 Å². The molecule has 1 atom stereocenters. The number of nitriles is 1. The molecule has 1 aromatic carbocycles. The molecule has 0 aromatic heterocycles. The average molecular weight is 231 g/mol. The predicted molar refractivity (Wildman–Crippen MR) is 72.0 cm³/mol. The van der Waals surface area contributed by atoms with Crippen LogP contribution in [0.2, 0.25) is 0 Å². The molecule has 1 unspecified atom stereocenters. The Morgan fingerprint density at radius 3 is 2.59 bits per heavy atom. The monoisotopic (exact) mass is 231 g/mol. The van der Waals surface area contributed by atoms with Gasteiger partial charge in [-0.05, 0) is 38.2 Å². The molecule has 17 heavy (non-hydrogen) atoms. The van der Waals surface area contributed by atoms with Crippen molar-refractivity contribution < 1.29 is 0 Å². The molecule has 0 aliphatic carbocycles. The fourth-order valence-corrected chi connectivity index (χ4v) is 1.71. The van der Waals surface area contributed by atoms with Crippen molar-refractivity contribution in [3.05, 3.63) is 29.8 Å². The molecule has 1 rings (SSSR count). The van der Waals surface area contributed by atoms with Crippen LogP contribution in [0.5, 0.6) is 0 Å². The number of likely N-dealkylation sites (N-methyl/N-ethyl adjacent to an activating group) is 1. The molecule has 0 bridgehead atoms. The van der Waals surface area contributed by atoms with Crippen molar-refractivity contribution in [2.75, 3.05) is 26.0 Å². The van der Waals surface area contributed by atoms with Crippen LogP contribution in [-0.2, 0) is 0 Å². The van der Waals surface area contributed by atoms with E-state index in [-0.39, 0.29) is 0 Å². The number of nitrogens with one attached hydrogen (secondary N) is 1. The molecule has 0 radical (unpaired) electrons. The molecule has 0 fully saturated rings. The molecule has 0 spiro atoms. The van der Waals surface area contributed by atoms with Gasteiger partial charge in [0.25, 0.3) is 0 Å². The van der Waals surface area contributed by atoms with E-state index in [1.54, 1.807) is 0 Å². The van der Waals surface area contributed by atoms with Gasteiger partial charge in [-0.3, -0.25) is 0 Å². The second-order valence-electron chi connectivity index (χ2n) is 4.95. The number of hydrogen-bond acceptors (Lipinski definition) is 3. The van der Waals surface area contributed by atoms with E-state index in [1.165, 1.54) is 0 Å². The second-order valence-corrected chi connectivity index (χ2v) is 4.95. The number of benzene rings is 1. The maximum absolute atomic E-state index is 8.86. The highest BCUT2D eigenvalue weighted by Crippen LogP contribution is 2.14. The Hall–Kier alpha value is -1.53. The topological polar surface area (TPSA) is 39.1 Å². The van der Waals surface area contributed by atoms with Gasteiger partial charge in [0, 0.05) is 18.3 Å². The molecule has 0 aliphatic rings. The van der Waals surface area contributed by atoms with Gasteiger partial charge in [0.15, 0.2) is 0 Å². The van der Waals surface area contributed by atoms with Crippen molar-refractivity contribution in [2.24, 2.45) is 5.92 Å². The quantitative estimate of drug-likeness (QED) is 0.846. The van der Waals surface area contributed by atoms with E-state index in [4.69, 9.17) is 5.26 Å². The summed E-state index contributed by atoms with van der Waals surface area (Å²) in [6.45, 7) is 5.39. The SMILES string of the molecule is CC(C)C(CN(C)C)Nc1cccc(C#N)c1. The Bertz CT molecular complexity index is 391. The van der Waals surface area contributed by atoms with E-state index in [1.807, 2.05) is 24.3 Å². The fraction of sp³-hybridized carbons (Fsp3) is 0.500. The van der Waals surface area contributed by atoms with Crippen molar-refractivity contribution in [3.8, 4) is 6.07 Å². The summed E-state index contributed by atoms with van der Waals surface area (Å²) in [5.74, 6) is 0.545. The van der Waals surface area contributed by atoms with Crippen LogP contribution in [0.4, 0.5) is 5.69 Å². The van der Waals surface area contributed by atoms with Gasteiger partial charge in [-0.2, -0.15) is 5.26 Å². The minimum absolute atomic E-state index is 0.388. The third-order valence-electron chi connectivity index (χ3n) is 2.71. The van der Waals surface area contributed by atoms with E-state index in [9.17, 15) is 0 Å².